The van der Waals surface area contributed by atoms with Gasteiger partial charge in [-0.05, 0) is 37.1 Å². The van der Waals surface area contributed by atoms with Gasteiger partial charge < -0.3 is 9.47 Å². The minimum absolute atomic E-state index is 0.320. The van der Waals surface area contributed by atoms with Crippen molar-refractivity contribution < 1.29 is 9.47 Å². The van der Waals surface area contributed by atoms with Crippen molar-refractivity contribution in [3.8, 4) is 17.2 Å². The first-order chi connectivity index (χ1) is 13.3. The fourth-order valence-electron chi connectivity index (χ4n) is 3.21. The second-order valence-corrected chi connectivity index (χ2v) is 7.70. The second-order valence-electron chi connectivity index (χ2n) is 6.44. The van der Waals surface area contributed by atoms with Gasteiger partial charge in [0.05, 0.1) is 19.0 Å². The predicted octanol–water partition coefficient (Wildman–Crippen LogP) is 4.28. The number of nitrogens with zero attached hydrogens (tertiary/aromatic N) is 4. The molecule has 0 bridgehead atoms. The van der Waals surface area contributed by atoms with Gasteiger partial charge in [-0.1, -0.05) is 30.7 Å². The normalized spacial score (nSPS) is 14.4. The molecule has 27 heavy (non-hydrogen) atoms. The van der Waals surface area contributed by atoms with E-state index in [0.717, 1.165) is 28.2 Å². The van der Waals surface area contributed by atoms with E-state index in [1.807, 2.05) is 54.4 Å². The van der Waals surface area contributed by atoms with E-state index in [2.05, 4.69) is 19.7 Å². The van der Waals surface area contributed by atoms with Gasteiger partial charge in [0.2, 0.25) is 0 Å². The van der Waals surface area contributed by atoms with E-state index >= 15 is 0 Å². The number of aromatic nitrogens is 4. The summed E-state index contributed by atoms with van der Waals surface area (Å²) < 4.78 is 13.3. The monoisotopic (exact) mass is 382 g/mol. The largest absolute Gasteiger partial charge is 0.497 e. The summed E-state index contributed by atoms with van der Waals surface area (Å²) in [5, 5.41) is 10.4. The lowest BCUT2D eigenvalue weighted by atomic mass is 10.3. The van der Waals surface area contributed by atoms with Gasteiger partial charge in [0.1, 0.15) is 18.1 Å². The van der Waals surface area contributed by atoms with Gasteiger partial charge in [0.25, 0.3) is 0 Å². The van der Waals surface area contributed by atoms with Crippen molar-refractivity contribution in [1.29, 1.82) is 0 Å². The summed E-state index contributed by atoms with van der Waals surface area (Å²) in [6.45, 7) is 0.320. The minimum atomic E-state index is 0.320. The van der Waals surface area contributed by atoms with Gasteiger partial charge in [-0.25, -0.2) is 0 Å². The predicted molar refractivity (Wildman–Crippen MR) is 105 cm³/mol. The average Bonchev–Trinajstić information content (AvgIpc) is 3.37. The topological polar surface area (TPSA) is 62.1 Å². The van der Waals surface area contributed by atoms with E-state index < -0.39 is 0 Å². The van der Waals surface area contributed by atoms with E-state index in [0.29, 0.717) is 11.9 Å². The third-order valence-electron chi connectivity index (χ3n) is 4.59. The fraction of sp³-hybridized carbons (Fsp3) is 0.350. The van der Waals surface area contributed by atoms with Crippen LogP contribution in [-0.2, 0) is 6.61 Å². The number of ether oxygens (including phenoxy) is 2. The molecule has 0 aliphatic heterocycles. The summed E-state index contributed by atoms with van der Waals surface area (Å²) >= 11 is 1.81. The zero-order chi connectivity index (χ0) is 18.5. The van der Waals surface area contributed by atoms with Crippen LogP contribution in [0.4, 0.5) is 0 Å². The van der Waals surface area contributed by atoms with E-state index in [1.54, 1.807) is 13.3 Å². The smallest absolute Gasteiger partial charge is 0.196 e. The van der Waals surface area contributed by atoms with Gasteiger partial charge in [-0.3, -0.25) is 9.55 Å². The lowest BCUT2D eigenvalue weighted by Crippen LogP contribution is -2.08. The van der Waals surface area contributed by atoms with Crippen LogP contribution in [0, 0.1) is 0 Å². The Kier molecular flexibility index (Phi) is 5.58. The quantitative estimate of drug-likeness (QED) is 0.608. The standard InChI is InChI=1S/C20H22N4O2S/c1-25-16-7-4-8-17(12-16)26-14-19-22-23-20(27-18-9-2-3-10-18)24(19)15-6-5-11-21-13-15/h4-8,11-13,18H,2-3,9-10,14H2,1H3. The van der Waals surface area contributed by atoms with Crippen molar-refractivity contribution >= 4 is 11.8 Å². The Balaban J connectivity index is 1.58. The lowest BCUT2D eigenvalue weighted by Gasteiger charge is -2.13. The molecular formula is C20H22N4O2S. The number of hydrogen-bond acceptors (Lipinski definition) is 6. The van der Waals surface area contributed by atoms with Crippen LogP contribution >= 0.6 is 11.8 Å². The molecule has 0 N–H and O–H groups in total. The molecule has 1 saturated carbocycles. The minimum Gasteiger partial charge on any atom is -0.497 e. The molecule has 1 aliphatic carbocycles. The molecule has 0 unspecified atom stereocenters. The van der Waals surface area contributed by atoms with Crippen molar-refractivity contribution in [3.05, 3.63) is 54.6 Å². The maximum absolute atomic E-state index is 5.95. The van der Waals surface area contributed by atoms with Gasteiger partial charge >= 0.3 is 0 Å². The summed E-state index contributed by atoms with van der Waals surface area (Å²) in [6.07, 6.45) is 8.66. The highest BCUT2D eigenvalue weighted by Crippen LogP contribution is 2.35. The molecule has 0 amide bonds. The van der Waals surface area contributed by atoms with E-state index in [4.69, 9.17) is 9.47 Å². The number of thioether (sulfide) groups is 1. The van der Waals surface area contributed by atoms with Crippen LogP contribution in [0.1, 0.15) is 31.5 Å². The number of pyridine rings is 1. The maximum atomic E-state index is 5.95. The molecule has 1 aliphatic rings. The number of hydrogen-bond donors (Lipinski definition) is 0. The van der Waals surface area contributed by atoms with Crippen LogP contribution in [0.5, 0.6) is 11.5 Å². The van der Waals surface area contributed by atoms with Crippen molar-refractivity contribution in [1.82, 2.24) is 19.7 Å². The van der Waals surface area contributed by atoms with Gasteiger partial charge in [0, 0.05) is 17.5 Å². The molecule has 2 aromatic heterocycles. The first kappa shape index (κ1) is 17.9. The maximum Gasteiger partial charge on any atom is 0.196 e. The zero-order valence-corrected chi connectivity index (χ0v) is 16.1. The Morgan fingerprint density at radius 3 is 2.74 bits per heavy atom. The second kappa shape index (κ2) is 8.43. The molecule has 6 nitrogen and oxygen atoms in total. The van der Waals surface area contributed by atoms with E-state index in [9.17, 15) is 0 Å². The van der Waals surface area contributed by atoms with Gasteiger partial charge in [-0.2, -0.15) is 0 Å². The number of methoxy groups -OCH3 is 1. The van der Waals surface area contributed by atoms with Crippen LogP contribution in [0.2, 0.25) is 0 Å². The zero-order valence-electron chi connectivity index (χ0n) is 15.2. The van der Waals surface area contributed by atoms with E-state index in [1.165, 1.54) is 25.7 Å². The van der Waals surface area contributed by atoms with Crippen LogP contribution in [0.15, 0.2) is 53.9 Å². The Morgan fingerprint density at radius 1 is 1.11 bits per heavy atom. The molecule has 7 heteroatoms. The van der Waals surface area contributed by atoms with Crippen LogP contribution in [0.25, 0.3) is 5.69 Å². The molecule has 1 aromatic carbocycles. The van der Waals surface area contributed by atoms with Crippen LogP contribution < -0.4 is 9.47 Å². The molecule has 2 heterocycles. The molecule has 0 saturated heterocycles. The highest BCUT2D eigenvalue weighted by molar-refractivity contribution is 7.99. The molecule has 4 rings (SSSR count). The average molecular weight is 382 g/mol. The lowest BCUT2D eigenvalue weighted by molar-refractivity contribution is 0.290. The van der Waals surface area contributed by atoms with Crippen LogP contribution in [-0.4, -0.2) is 32.1 Å². The van der Waals surface area contributed by atoms with Gasteiger partial charge in [0.15, 0.2) is 11.0 Å². The highest BCUT2D eigenvalue weighted by Gasteiger charge is 2.22. The summed E-state index contributed by atoms with van der Waals surface area (Å²) in [6, 6.07) is 11.5. The van der Waals surface area contributed by atoms with Gasteiger partial charge in [-0.15, -0.1) is 10.2 Å². The van der Waals surface area contributed by atoms with Crippen molar-refractivity contribution in [2.75, 3.05) is 7.11 Å². The first-order valence-electron chi connectivity index (χ1n) is 9.11. The molecule has 0 spiro atoms. The number of rotatable bonds is 7. The molecular weight excluding hydrogens is 360 g/mol. The molecule has 0 radical (unpaired) electrons. The van der Waals surface area contributed by atoms with Crippen LogP contribution in [0.3, 0.4) is 0 Å². The Hall–Kier alpha value is -2.54. The SMILES string of the molecule is COc1cccc(OCc2nnc(SC3CCCC3)n2-c2cccnc2)c1. The van der Waals surface area contributed by atoms with Crippen molar-refractivity contribution in [3.63, 3.8) is 0 Å². The first-order valence-corrected chi connectivity index (χ1v) is 9.99. The molecule has 3 aromatic rings. The Bertz CT molecular complexity index is 879. The third kappa shape index (κ3) is 4.24. The fourth-order valence-corrected chi connectivity index (χ4v) is 4.48. The third-order valence-corrected chi connectivity index (χ3v) is 5.87. The summed E-state index contributed by atoms with van der Waals surface area (Å²) in [4.78, 5) is 4.25. The molecule has 0 atom stereocenters. The Labute approximate surface area is 162 Å². The van der Waals surface area contributed by atoms with E-state index in [-0.39, 0.29) is 0 Å². The highest BCUT2D eigenvalue weighted by atomic mass is 32.2. The van der Waals surface area contributed by atoms with Crippen molar-refractivity contribution in [2.24, 2.45) is 0 Å². The molecule has 140 valence electrons. The Morgan fingerprint density at radius 2 is 1.96 bits per heavy atom. The summed E-state index contributed by atoms with van der Waals surface area (Å²) in [7, 11) is 1.64. The summed E-state index contributed by atoms with van der Waals surface area (Å²) in [5.74, 6) is 2.25. The summed E-state index contributed by atoms with van der Waals surface area (Å²) in [5.41, 5.74) is 0.951. The number of benzene rings is 1. The molecule has 1 fully saturated rings. The van der Waals surface area contributed by atoms with Crippen molar-refractivity contribution in [2.45, 2.75) is 42.7 Å².